The zero-order valence-electron chi connectivity index (χ0n) is 21.9. The number of amides is 1. The number of benzene rings is 1. The van der Waals surface area contributed by atoms with Gasteiger partial charge in [-0.15, -0.1) is 0 Å². The van der Waals surface area contributed by atoms with Crippen molar-refractivity contribution in [3.8, 4) is 17.0 Å². The van der Waals surface area contributed by atoms with E-state index < -0.39 is 29.1 Å². The molecular weight excluding hydrogens is 475 g/mol. The molecule has 37 heavy (non-hydrogen) atoms. The molecule has 1 aromatic carbocycles. The predicted octanol–water partition coefficient (Wildman–Crippen LogP) is 3.35. The molecule has 3 aromatic rings. The first-order valence-electron chi connectivity index (χ1n) is 12.4. The number of nitrogens with one attached hydrogen (secondary N) is 2. The Balaban J connectivity index is 1.82. The molecule has 0 spiro atoms. The molecule has 0 saturated carbocycles. The number of carbonyl (C=O) groups excluding carboxylic acids is 1. The van der Waals surface area contributed by atoms with Crippen LogP contribution in [0.4, 0.5) is 10.2 Å². The summed E-state index contributed by atoms with van der Waals surface area (Å²) in [7, 11) is 0. The minimum atomic E-state index is -1.06. The first kappa shape index (κ1) is 26.7. The van der Waals surface area contributed by atoms with Gasteiger partial charge in [0.05, 0.1) is 22.9 Å². The van der Waals surface area contributed by atoms with Crippen LogP contribution in [0.5, 0.6) is 5.75 Å². The van der Waals surface area contributed by atoms with E-state index in [0.29, 0.717) is 59.2 Å². The number of nitrogens with two attached hydrogens (primary N) is 1. The highest BCUT2D eigenvalue weighted by Gasteiger charge is 2.28. The van der Waals surface area contributed by atoms with Crippen LogP contribution in [0, 0.1) is 0 Å². The van der Waals surface area contributed by atoms with E-state index in [1.54, 1.807) is 44.2 Å². The Morgan fingerprint density at radius 2 is 1.86 bits per heavy atom. The van der Waals surface area contributed by atoms with Crippen molar-refractivity contribution in [2.45, 2.75) is 64.3 Å². The predicted molar refractivity (Wildman–Crippen MR) is 142 cm³/mol. The van der Waals surface area contributed by atoms with Crippen molar-refractivity contribution in [2.75, 3.05) is 25.0 Å². The van der Waals surface area contributed by atoms with Crippen LogP contribution in [0.25, 0.3) is 22.3 Å². The van der Waals surface area contributed by atoms with Crippen LogP contribution in [-0.4, -0.2) is 63.5 Å². The maximum Gasteiger partial charge on any atom is 0.251 e. The second-order valence-electron chi connectivity index (χ2n) is 11.1. The number of ether oxygens (including phenoxy) is 1. The lowest BCUT2D eigenvalue weighted by molar-refractivity contribution is 0.0285. The molecule has 1 saturated heterocycles. The number of fused-ring (bicyclic) bond motifs is 1. The fraction of sp³-hybridized carbons (Fsp3) is 0.481. The van der Waals surface area contributed by atoms with Gasteiger partial charge < -0.3 is 26.2 Å². The monoisotopic (exact) mass is 510 g/mol. The number of aliphatic hydroxyl groups is 1. The van der Waals surface area contributed by atoms with Crippen molar-refractivity contribution in [1.29, 1.82) is 0 Å². The van der Waals surface area contributed by atoms with Gasteiger partial charge in [-0.3, -0.25) is 4.79 Å². The van der Waals surface area contributed by atoms with E-state index >= 15 is 0 Å². The number of rotatable bonds is 7. The Hall–Kier alpha value is -3.37. The molecule has 0 unspecified atom stereocenters. The van der Waals surface area contributed by atoms with Gasteiger partial charge in [0.25, 0.3) is 5.91 Å². The van der Waals surface area contributed by atoms with Crippen LogP contribution >= 0.6 is 0 Å². The van der Waals surface area contributed by atoms with Gasteiger partial charge in [0, 0.05) is 17.5 Å². The minimum absolute atomic E-state index is 0.139. The van der Waals surface area contributed by atoms with Crippen LogP contribution in [0.1, 0.15) is 57.2 Å². The number of hydrogen-bond acceptors (Lipinski definition) is 8. The van der Waals surface area contributed by atoms with Crippen molar-refractivity contribution in [1.82, 2.24) is 20.3 Å². The fourth-order valence-corrected chi connectivity index (χ4v) is 4.00. The molecule has 10 heteroatoms. The van der Waals surface area contributed by atoms with Gasteiger partial charge in [0.1, 0.15) is 35.4 Å². The molecule has 198 valence electrons. The smallest absolute Gasteiger partial charge is 0.251 e. The SMILES string of the molecule is CC(C)(O)COc1ccc(-c2cc(C(N)=O)c3nc(C(C)(C)C)nc(N[C@@H]4CNCC[C@@H]4F)c3n2)cc1. The summed E-state index contributed by atoms with van der Waals surface area (Å²) in [5.41, 5.74) is 6.47. The largest absolute Gasteiger partial charge is 0.491 e. The summed E-state index contributed by atoms with van der Waals surface area (Å²) in [6, 6.07) is 8.24. The topological polar surface area (TPSA) is 135 Å². The summed E-state index contributed by atoms with van der Waals surface area (Å²) < 4.78 is 20.4. The average molecular weight is 511 g/mol. The molecule has 1 aliphatic rings. The number of alkyl halides is 1. The number of halogens is 1. The molecule has 9 nitrogen and oxygen atoms in total. The van der Waals surface area contributed by atoms with Crippen LogP contribution in [-0.2, 0) is 5.41 Å². The van der Waals surface area contributed by atoms with Gasteiger partial charge in [0.15, 0.2) is 5.82 Å². The molecule has 0 bridgehead atoms. The summed E-state index contributed by atoms with van der Waals surface area (Å²) in [5, 5.41) is 16.3. The van der Waals surface area contributed by atoms with Gasteiger partial charge in [-0.1, -0.05) is 20.8 Å². The molecule has 0 radical (unpaired) electrons. The Labute approximate surface area is 216 Å². The Morgan fingerprint density at radius 1 is 1.16 bits per heavy atom. The molecular formula is C27H35FN6O3. The molecule has 0 aliphatic carbocycles. The van der Waals surface area contributed by atoms with Crippen LogP contribution in [0.15, 0.2) is 30.3 Å². The summed E-state index contributed by atoms with van der Waals surface area (Å²) in [6.45, 7) is 10.4. The molecule has 1 fully saturated rings. The van der Waals surface area contributed by atoms with Crippen molar-refractivity contribution in [3.05, 3.63) is 41.7 Å². The normalized spacial score (nSPS) is 18.6. The lowest BCUT2D eigenvalue weighted by atomic mass is 9.95. The third-order valence-corrected chi connectivity index (χ3v) is 6.05. The van der Waals surface area contributed by atoms with Gasteiger partial charge in [-0.05, 0) is 57.1 Å². The number of hydrogen-bond donors (Lipinski definition) is 4. The van der Waals surface area contributed by atoms with E-state index in [1.165, 1.54) is 0 Å². The summed E-state index contributed by atoms with van der Waals surface area (Å²) in [5.74, 6) is 0.792. The standard InChI is InChI=1S/C27H35FN6O3/c1-26(2,3)25-33-21-17(23(29)35)12-19(15-6-8-16(9-7-15)37-14-27(4,5)36)31-22(21)24(34-25)32-20-13-30-11-10-18(20)28/h6-9,12,18,20,30,36H,10-11,13-14H2,1-5H3,(H2,29,35)(H,32,33,34)/t18-,20+/m0/s1. The number of anilines is 1. The number of aromatic nitrogens is 3. The molecule has 3 heterocycles. The Kier molecular flexibility index (Phi) is 7.34. The first-order chi connectivity index (χ1) is 17.3. The van der Waals surface area contributed by atoms with E-state index in [9.17, 15) is 14.3 Å². The molecule has 2 atom stereocenters. The van der Waals surface area contributed by atoms with Crippen LogP contribution < -0.4 is 21.1 Å². The highest BCUT2D eigenvalue weighted by atomic mass is 19.1. The Bertz CT molecular complexity index is 1280. The molecule has 1 aliphatic heterocycles. The second kappa shape index (κ2) is 10.2. The maximum absolute atomic E-state index is 14.7. The minimum Gasteiger partial charge on any atom is -0.491 e. The quantitative estimate of drug-likeness (QED) is 0.380. The number of carbonyl (C=O) groups is 1. The highest BCUT2D eigenvalue weighted by Crippen LogP contribution is 2.31. The lowest BCUT2D eigenvalue weighted by Crippen LogP contribution is -2.46. The van der Waals surface area contributed by atoms with Crippen molar-refractivity contribution >= 4 is 22.8 Å². The number of piperidine rings is 1. The third-order valence-electron chi connectivity index (χ3n) is 6.05. The zero-order valence-corrected chi connectivity index (χ0v) is 21.9. The summed E-state index contributed by atoms with van der Waals surface area (Å²) >= 11 is 0. The molecule has 2 aromatic heterocycles. The van der Waals surface area contributed by atoms with E-state index in [0.717, 1.165) is 0 Å². The molecule has 1 amide bonds. The number of primary amides is 1. The van der Waals surface area contributed by atoms with E-state index in [1.807, 2.05) is 20.8 Å². The fourth-order valence-electron chi connectivity index (χ4n) is 4.00. The van der Waals surface area contributed by atoms with Crippen molar-refractivity contribution in [2.24, 2.45) is 5.73 Å². The van der Waals surface area contributed by atoms with Crippen molar-refractivity contribution in [3.63, 3.8) is 0 Å². The number of pyridine rings is 1. The first-order valence-corrected chi connectivity index (χ1v) is 12.4. The molecule has 4 rings (SSSR count). The van der Waals surface area contributed by atoms with Gasteiger partial charge >= 0.3 is 0 Å². The van der Waals surface area contributed by atoms with Gasteiger partial charge in [-0.25, -0.2) is 19.3 Å². The van der Waals surface area contributed by atoms with E-state index in [-0.39, 0.29) is 12.2 Å². The zero-order chi connectivity index (χ0) is 27.0. The number of nitrogens with zero attached hydrogens (tertiary/aromatic N) is 3. The highest BCUT2D eigenvalue weighted by molar-refractivity contribution is 6.07. The van der Waals surface area contributed by atoms with Crippen molar-refractivity contribution < 1.29 is 19.0 Å². The van der Waals surface area contributed by atoms with E-state index in [4.69, 9.17) is 20.4 Å². The average Bonchev–Trinajstić information content (AvgIpc) is 2.82. The lowest BCUT2D eigenvalue weighted by Gasteiger charge is -2.29. The van der Waals surface area contributed by atoms with E-state index in [2.05, 4.69) is 15.6 Å². The van der Waals surface area contributed by atoms with Gasteiger partial charge in [-0.2, -0.15) is 0 Å². The van der Waals surface area contributed by atoms with Gasteiger partial charge in [0.2, 0.25) is 0 Å². The summed E-state index contributed by atoms with van der Waals surface area (Å²) in [4.78, 5) is 26.7. The molecule has 5 N–H and O–H groups in total. The van der Waals surface area contributed by atoms with Crippen LogP contribution in [0.2, 0.25) is 0 Å². The Morgan fingerprint density at radius 3 is 2.46 bits per heavy atom. The maximum atomic E-state index is 14.7. The summed E-state index contributed by atoms with van der Waals surface area (Å²) in [6.07, 6.45) is -0.667. The van der Waals surface area contributed by atoms with Crippen LogP contribution in [0.3, 0.4) is 0 Å². The third kappa shape index (κ3) is 6.31. The second-order valence-corrected chi connectivity index (χ2v) is 11.1.